The Labute approximate surface area is 132 Å². The summed E-state index contributed by atoms with van der Waals surface area (Å²) in [4.78, 5) is 3.64. The monoisotopic (exact) mass is 366 g/mol. The smallest absolute Gasteiger partial charge is 0.107 e. The number of halogens is 2. The Bertz CT molecular complexity index is 423. The highest BCUT2D eigenvalue weighted by molar-refractivity contribution is 9.10. The summed E-state index contributed by atoms with van der Waals surface area (Å²) in [6, 6.07) is 2.31. The van der Waals surface area contributed by atoms with Crippen molar-refractivity contribution in [3.63, 3.8) is 0 Å². The van der Waals surface area contributed by atoms with Gasteiger partial charge in [-0.05, 0) is 48.3 Å². The molecule has 0 aromatic carbocycles. The van der Waals surface area contributed by atoms with E-state index in [2.05, 4.69) is 33.8 Å². The highest BCUT2D eigenvalue weighted by Gasteiger charge is 2.34. The number of thiophene rings is 1. The molecular weight excluding hydrogens is 348 g/mol. The van der Waals surface area contributed by atoms with Crippen LogP contribution in [0.1, 0.15) is 30.7 Å². The summed E-state index contributed by atoms with van der Waals surface area (Å²) < 4.78 is 7.40. The van der Waals surface area contributed by atoms with Crippen molar-refractivity contribution in [1.29, 1.82) is 0 Å². The van der Waals surface area contributed by atoms with Crippen molar-refractivity contribution in [3.05, 3.63) is 19.8 Å². The zero-order valence-electron chi connectivity index (χ0n) is 11.3. The molecule has 0 amide bonds. The molecule has 6 heteroatoms. The van der Waals surface area contributed by atoms with Gasteiger partial charge in [-0.25, -0.2) is 0 Å². The Balaban J connectivity index is 2.17. The summed E-state index contributed by atoms with van der Waals surface area (Å²) in [6.45, 7) is 4.75. The lowest BCUT2D eigenvalue weighted by Gasteiger charge is -2.42. The molecule has 2 unspecified atom stereocenters. The van der Waals surface area contributed by atoms with Crippen LogP contribution in [-0.2, 0) is 4.74 Å². The molecule has 0 bridgehead atoms. The van der Waals surface area contributed by atoms with Gasteiger partial charge in [0, 0.05) is 29.5 Å². The van der Waals surface area contributed by atoms with E-state index in [0.29, 0.717) is 6.54 Å². The van der Waals surface area contributed by atoms with Gasteiger partial charge in [-0.3, -0.25) is 4.90 Å². The maximum absolute atomic E-state index is 6.14. The molecule has 0 saturated carbocycles. The van der Waals surface area contributed by atoms with E-state index in [4.69, 9.17) is 22.1 Å². The molecule has 0 aliphatic carbocycles. The third-order valence-corrected chi connectivity index (χ3v) is 6.41. The first-order chi connectivity index (χ1) is 8.99. The molecular formula is C13H20BrClN2OS. The van der Waals surface area contributed by atoms with Crippen molar-refractivity contribution in [2.45, 2.75) is 31.4 Å². The standard InChI is InChI=1S/C13H20BrClN2OS/c1-13(18-2)4-3-5-17(8-13)10(7-16)11-6-9(14)12(15)19-11/h6,10H,3-5,7-8,16H2,1-2H3. The third-order valence-electron chi connectivity index (χ3n) is 3.84. The summed E-state index contributed by atoms with van der Waals surface area (Å²) in [5.41, 5.74) is 5.93. The average Bonchev–Trinajstić information content (AvgIpc) is 2.70. The van der Waals surface area contributed by atoms with Crippen molar-refractivity contribution >= 4 is 38.9 Å². The molecule has 1 saturated heterocycles. The molecule has 1 aliphatic rings. The van der Waals surface area contributed by atoms with Crippen LogP contribution in [0.4, 0.5) is 0 Å². The van der Waals surface area contributed by atoms with Gasteiger partial charge in [0.1, 0.15) is 4.34 Å². The fourth-order valence-corrected chi connectivity index (χ4v) is 4.53. The van der Waals surface area contributed by atoms with E-state index in [9.17, 15) is 0 Å². The number of hydrogen-bond acceptors (Lipinski definition) is 4. The number of ether oxygens (including phenoxy) is 1. The van der Waals surface area contributed by atoms with E-state index < -0.39 is 0 Å². The highest BCUT2D eigenvalue weighted by atomic mass is 79.9. The lowest BCUT2D eigenvalue weighted by molar-refractivity contribution is -0.0605. The summed E-state index contributed by atoms with van der Waals surface area (Å²) in [5, 5.41) is 0. The van der Waals surface area contributed by atoms with Crippen molar-refractivity contribution in [2.75, 3.05) is 26.7 Å². The number of hydrogen-bond donors (Lipinski definition) is 1. The quantitative estimate of drug-likeness (QED) is 0.882. The van der Waals surface area contributed by atoms with E-state index in [1.165, 1.54) is 4.88 Å². The Morgan fingerprint density at radius 1 is 1.68 bits per heavy atom. The number of nitrogens with zero attached hydrogens (tertiary/aromatic N) is 1. The van der Waals surface area contributed by atoms with Gasteiger partial charge in [0.05, 0.1) is 11.6 Å². The molecule has 1 aromatic rings. The van der Waals surface area contributed by atoms with E-state index in [-0.39, 0.29) is 11.6 Å². The van der Waals surface area contributed by atoms with Crippen molar-refractivity contribution < 1.29 is 4.74 Å². The number of rotatable bonds is 4. The number of piperidine rings is 1. The van der Waals surface area contributed by atoms with Crippen LogP contribution in [0.3, 0.4) is 0 Å². The second-order valence-electron chi connectivity index (χ2n) is 5.25. The Kier molecular flexibility index (Phi) is 5.31. The molecule has 108 valence electrons. The van der Waals surface area contributed by atoms with Gasteiger partial charge in [-0.15, -0.1) is 11.3 Å². The Hall–Kier alpha value is 0.350. The summed E-state index contributed by atoms with van der Waals surface area (Å²) >= 11 is 11.2. The molecule has 3 nitrogen and oxygen atoms in total. The van der Waals surface area contributed by atoms with Gasteiger partial charge in [-0.2, -0.15) is 0 Å². The summed E-state index contributed by atoms with van der Waals surface area (Å²) in [7, 11) is 1.79. The first kappa shape index (κ1) is 15.7. The van der Waals surface area contributed by atoms with Crippen LogP contribution < -0.4 is 5.73 Å². The fraction of sp³-hybridized carbons (Fsp3) is 0.692. The normalized spacial score (nSPS) is 26.6. The molecule has 2 N–H and O–H groups in total. The van der Waals surface area contributed by atoms with Crippen molar-refractivity contribution in [1.82, 2.24) is 4.90 Å². The first-order valence-corrected chi connectivity index (χ1v) is 8.42. The largest absolute Gasteiger partial charge is 0.377 e. The summed E-state index contributed by atoms with van der Waals surface area (Å²) in [6.07, 6.45) is 2.24. The minimum Gasteiger partial charge on any atom is -0.377 e. The van der Waals surface area contributed by atoms with Crippen LogP contribution >= 0.6 is 38.9 Å². The third kappa shape index (κ3) is 3.52. The van der Waals surface area contributed by atoms with Crippen LogP contribution in [-0.4, -0.2) is 37.2 Å². The number of methoxy groups -OCH3 is 1. The Morgan fingerprint density at radius 2 is 2.42 bits per heavy atom. The van der Waals surface area contributed by atoms with Crippen LogP contribution in [0.2, 0.25) is 4.34 Å². The lowest BCUT2D eigenvalue weighted by Crippen LogP contribution is -2.49. The molecule has 1 aromatic heterocycles. The van der Waals surface area contributed by atoms with E-state index in [0.717, 1.165) is 34.7 Å². The minimum atomic E-state index is -0.0655. The highest BCUT2D eigenvalue weighted by Crippen LogP contribution is 2.38. The maximum atomic E-state index is 6.14. The molecule has 0 radical (unpaired) electrons. The minimum absolute atomic E-state index is 0.0655. The first-order valence-electron chi connectivity index (χ1n) is 6.43. The molecule has 1 aliphatic heterocycles. The van der Waals surface area contributed by atoms with E-state index in [1.54, 1.807) is 18.4 Å². The predicted octanol–water partition coefficient (Wildman–Crippen LogP) is 3.66. The zero-order chi connectivity index (χ0) is 14.0. The predicted molar refractivity (Wildman–Crippen MR) is 85.0 cm³/mol. The second kappa shape index (κ2) is 6.41. The van der Waals surface area contributed by atoms with Crippen LogP contribution in [0, 0.1) is 0 Å². The molecule has 2 atom stereocenters. The van der Waals surface area contributed by atoms with Crippen LogP contribution in [0.5, 0.6) is 0 Å². The van der Waals surface area contributed by atoms with Gasteiger partial charge in [0.15, 0.2) is 0 Å². The SMILES string of the molecule is COC1(C)CCCN(C(CN)c2cc(Br)c(Cl)s2)C1. The maximum Gasteiger partial charge on any atom is 0.107 e. The van der Waals surface area contributed by atoms with Gasteiger partial charge in [-0.1, -0.05) is 11.6 Å². The van der Waals surface area contributed by atoms with Gasteiger partial charge in [0.2, 0.25) is 0 Å². The van der Waals surface area contributed by atoms with Crippen LogP contribution in [0.25, 0.3) is 0 Å². The van der Waals surface area contributed by atoms with Gasteiger partial charge >= 0.3 is 0 Å². The summed E-state index contributed by atoms with van der Waals surface area (Å²) in [5.74, 6) is 0. The number of nitrogens with two attached hydrogens (primary N) is 1. The average molecular weight is 368 g/mol. The zero-order valence-corrected chi connectivity index (χ0v) is 14.4. The molecule has 19 heavy (non-hydrogen) atoms. The van der Waals surface area contributed by atoms with Crippen molar-refractivity contribution in [3.8, 4) is 0 Å². The molecule has 1 fully saturated rings. The lowest BCUT2D eigenvalue weighted by atomic mass is 9.93. The van der Waals surface area contributed by atoms with E-state index >= 15 is 0 Å². The second-order valence-corrected chi connectivity index (χ2v) is 7.79. The molecule has 0 spiro atoms. The number of likely N-dealkylation sites (tertiary alicyclic amines) is 1. The molecule has 2 heterocycles. The van der Waals surface area contributed by atoms with E-state index in [1.807, 2.05) is 0 Å². The van der Waals surface area contributed by atoms with Gasteiger partial charge < -0.3 is 10.5 Å². The van der Waals surface area contributed by atoms with Crippen LogP contribution in [0.15, 0.2) is 10.5 Å². The van der Waals surface area contributed by atoms with Gasteiger partial charge in [0.25, 0.3) is 0 Å². The van der Waals surface area contributed by atoms with Crippen molar-refractivity contribution in [2.24, 2.45) is 5.73 Å². The molecule has 2 rings (SSSR count). The fourth-order valence-electron chi connectivity index (χ4n) is 2.65. The Morgan fingerprint density at radius 3 is 2.95 bits per heavy atom. The topological polar surface area (TPSA) is 38.5 Å².